The van der Waals surface area contributed by atoms with Crippen LogP contribution in [0.2, 0.25) is 10.2 Å². The molecule has 3 rings (SSSR count). The molecule has 0 aliphatic heterocycles. The summed E-state index contributed by atoms with van der Waals surface area (Å²) in [6.07, 6.45) is 3.82. The van der Waals surface area contributed by atoms with Crippen molar-refractivity contribution in [2.75, 3.05) is 0 Å². The van der Waals surface area contributed by atoms with Gasteiger partial charge in [-0.15, -0.1) is 10.2 Å². The van der Waals surface area contributed by atoms with E-state index >= 15 is 0 Å². The molecule has 0 amide bonds. The van der Waals surface area contributed by atoms with E-state index < -0.39 is 0 Å². The van der Waals surface area contributed by atoms with E-state index in [2.05, 4.69) is 15.2 Å². The van der Waals surface area contributed by atoms with Crippen LogP contribution in [-0.2, 0) is 0 Å². The fraction of sp³-hybridized carbons (Fsp3) is 0.300. The van der Waals surface area contributed by atoms with Gasteiger partial charge in [0.2, 0.25) is 11.8 Å². The van der Waals surface area contributed by atoms with E-state index in [1.54, 1.807) is 12.3 Å². The molecule has 1 fully saturated rings. The molecule has 4 nitrogen and oxygen atoms in total. The first-order valence-electron chi connectivity index (χ1n) is 4.89. The molecule has 0 N–H and O–H groups in total. The lowest BCUT2D eigenvalue weighted by molar-refractivity contribution is 0.508. The Morgan fingerprint density at radius 3 is 2.75 bits per heavy atom. The van der Waals surface area contributed by atoms with Crippen molar-refractivity contribution in [3.05, 3.63) is 28.3 Å². The van der Waals surface area contributed by atoms with E-state index in [4.69, 9.17) is 27.6 Å². The molecule has 0 bridgehead atoms. The van der Waals surface area contributed by atoms with Crippen LogP contribution in [0.4, 0.5) is 0 Å². The van der Waals surface area contributed by atoms with Gasteiger partial charge in [0.25, 0.3) is 0 Å². The van der Waals surface area contributed by atoms with Crippen LogP contribution in [0.5, 0.6) is 0 Å². The van der Waals surface area contributed by atoms with Crippen molar-refractivity contribution >= 4 is 23.2 Å². The first-order valence-corrected chi connectivity index (χ1v) is 5.64. The van der Waals surface area contributed by atoms with Gasteiger partial charge in [-0.3, -0.25) is 0 Å². The average Bonchev–Trinajstić information content (AvgIpc) is 3.01. The molecule has 6 heteroatoms. The minimum Gasteiger partial charge on any atom is -0.420 e. The summed E-state index contributed by atoms with van der Waals surface area (Å²) in [5.74, 6) is 1.58. The van der Waals surface area contributed by atoms with Crippen LogP contribution in [-0.4, -0.2) is 15.2 Å². The van der Waals surface area contributed by atoms with Crippen LogP contribution in [0, 0.1) is 0 Å². The highest BCUT2D eigenvalue weighted by Crippen LogP contribution is 2.40. The molecule has 0 saturated heterocycles. The van der Waals surface area contributed by atoms with Crippen molar-refractivity contribution in [2.24, 2.45) is 0 Å². The van der Waals surface area contributed by atoms with Gasteiger partial charge < -0.3 is 4.42 Å². The van der Waals surface area contributed by atoms with E-state index in [0.717, 1.165) is 12.8 Å². The summed E-state index contributed by atoms with van der Waals surface area (Å²) in [5.41, 5.74) is 0.689. The lowest BCUT2D eigenvalue weighted by Crippen LogP contribution is -1.82. The Balaban J connectivity index is 1.97. The first-order chi connectivity index (χ1) is 7.74. The van der Waals surface area contributed by atoms with Crippen molar-refractivity contribution in [2.45, 2.75) is 18.8 Å². The number of pyridine rings is 1. The molecule has 0 spiro atoms. The zero-order chi connectivity index (χ0) is 11.1. The molecule has 0 radical (unpaired) electrons. The highest BCUT2D eigenvalue weighted by molar-refractivity contribution is 6.41. The zero-order valence-corrected chi connectivity index (χ0v) is 9.66. The normalized spacial score (nSPS) is 15.4. The second kappa shape index (κ2) is 3.71. The summed E-state index contributed by atoms with van der Waals surface area (Å²) in [4.78, 5) is 3.93. The van der Waals surface area contributed by atoms with Crippen LogP contribution in [0.3, 0.4) is 0 Å². The predicted molar refractivity (Wildman–Crippen MR) is 59.5 cm³/mol. The van der Waals surface area contributed by atoms with Crippen molar-refractivity contribution in [1.82, 2.24) is 15.2 Å². The van der Waals surface area contributed by atoms with Crippen molar-refractivity contribution < 1.29 is 4.42 Å². The number of rotatable bonds is 2. The number of halogens is 2. The van der Waals surface area contributed by atoms with E-state index in [9.17, 15) is 0 Å². The van der Waals surface area contributed by atoms with E-state index in [1.807, 2.05) is 0 Å². The first kappa shape index (κ1) is 10.1. The Morgan fingerprint density at radius 2 is 2.06 bits per heavy atom. The molecule has 1 saturated carbocycles. The highest BCUT2D eigenvalue weighted by atomic mass is 35.5. The molecule has 2 aromatic heterocycles. The Labute approximate surface area is 102 Å². The van der Waals surface area contributed by atoms with Gasteiger partial charge in [0.15, 0.2) is 0 Å². The zero-order valence-electron chi connectivity index (χ0n) is 8.15. The topological polar surface area (TPSA) is 51.8 Å². The minimum absolute atomic E-state index is 0.271. The van der Waals surface area contributed by atoms with Crippen molar-refractivity contribution in [3.63, 3.8) is 0 Å². The summed E-state index contributed by atoms with van der Waals surface area (Å²) in [7, 11) is 0. The molecule has 0 atom stereocenters. The molecule has 1 aliphatic carbocycles. The molecule has 82 valence electrons. The fourth-order valence-electron chi connectivity index (χ4n) is 1.38. The maximum atomic E-state index is 5.86. The summed E-state index contributed by atoms with van der Waals surface area (Å²) < 4.78 is 5.52. The van der Waals surface area contributed by atoms with Gasteiger partial charge in [0, 0.05) is 12.1 Å². The van der Waals surface area contributed by atoms with Gasteiger partial charge in [0.1, 0.15) is 5.15 Å². The quantitative estimate of drug-likeness (QED) is 0.773. The van der Waals surface area contributed by atoms with Crippen LogP contribution in [0.15, 0.2) is 16.7 Å². The molecular weight excluding hydrogens is 249 g/mol. The monoisotopic (exact) mass is 255 g/mol. The average molecular weight is 256 g/mol. The summed E-state index contributed by atoms with van der Waals surface area (Å²) in [6.45, 7) is 0. The fourth-order valence-corrected chi connectivity index (χ4v) is 1.65. The van der Waals surface area contributed by atoms with Gasteiger partial charge in [-0.25, -0.2) is 4.98 Å². The molecule has 1 aliphatic rings. The standard InChI is InChI=1S/C10H7Cl2N3O/c11-7-3-6(4-13-8(7)12)10-15-14-9(16-10)5-1-2-5/h3-5H,1-2H2. The largest absolute Gasteiger partial charge is 0.420 e. The van der Waals surface area contributed by atoms with Crippen LogP contribution < -0.4 is 0 Å². The Kier molecular flexibility index (Phi) is 2.33. The molecule has 2 heterocycles. The second-order valence-electron chi connectivity index (χ2n) is 3.72. The van der Waals surface area contributed by atoms with Gasteiger partial charge >= 0.3 is 0 Å². The third-order valence-electron chi connectivity index (χ3n) is 2.41. The summed E-state index contributed by atoms with van der Waals surface area (Å²) in [5, 5.41) is 8.60. The molecule has 2 aromatic rings. The van der Waals surface area contributed by atoms with Crippen LogP contribution >= 0.6 is 23.2 Å². The summed E-state index contributed by atoms with van der Waals surface area (Å²) >= 11 is 11.6. The molecular formula is C10H7Cl2N3O. The smallest absolute Gasteiger partial charge is 0.249 e. The van der Waals surface area contributed by atoms with Gasteiger partial charge in [-0.1, -0.05) is 23.2 Å². The molecule has 16 heavy (non-hydrogen) atoms. The van der Waals surface area contributed by atoms with E-state index in [-0.39, 0.29) is 5.15 Å². The van der Waals surface area contributed by atoms with E-state index in [1.165, 1.54) is 0 Å². The highest BCUT2D eigenvalue weighted by Gasteiger charge is 2.29. The van der Waals surface area contributed by atoms with Crippen LogP contribution in [0.1, 0.15) is 24.7 Å². The summed E-state index contributed by atoms with van der Waals surface area (Å²) in [6, 6.07) is 1.67. The number of hydrogen-bond acceptors (Lipinski definition) is 4. The Morgan fingerprint density at radius 1 is 1.25 bits per heavy atom. The third-order valence-corrected chi connectivity index (χ3v) is 3.10. The van der Waals surface area contributed by atoms with Gasteiger partial charge in [-0.2, -0.15) is 0 Å². The Bertz CT molecular complexity index is 537. The number of aromatic nitrogens is 3. The second-order valence-corrected chi connectivity index (χ2v) is 4.48. The van der Waals surface area contributed by atoms with Gasteiger partial charge in [-0.05, 0) is 18.9 Å². The van der Waals surface area contributed by atoms with Crippen molar-refractivity contribution in [3.8, 4) is 11.5 Å². The minimum atomic E-state index is 0.271. The van der Waals surface area contributed by atoms with E-state index in [0.29, 0.717) is 28.3 Å². The third kappa shape index (κ3) is 1.79. The number of nitrogens with zero attached hydrogens (tertiary/aromatic N) is 3. The van der Waals surface area contributed by atoms with Crippen LogP contribution in [0.25, 0.3) is 11.5 Å². The predicted octanol–water partition coefficient (Wildman–Crippen LogP) is 3.32. The van der Waals surface area contributed by atoms with Crippen molar-refractivity contribution in [1.29, 1.82) is 0 Å². The molecule has 0 unspecified atom stereocenters. The maximum absolute atomic E-state index is 5.86. The molecule has 0 aromatic carbocycles. The number of hydrogen-bond donors (Lipinski definition) is 0. The maximum Gasteiger partial charge on any atom is 0.249 e. The van der Waals surface area contributed by atoms with Gasteiger partial charge in [0.05, 0.1) is 10.6 Å². The lowest BCUT2D eigenvalue weighted by atomic mass is 10.3. The Hall–Kier alpha value is -1.13. The lowest BCUT2D eigenvalue weighted by Gasteiger charge is -1.96. The SMILES string of the molecule is Clc1cc(-c2nnc(C3CC3)o2)cnc1Cl.